The number of nitrogens with one attached hydrogen (secondary N) is 1. The number of imidazole rings is 2. The molecule has 344 valence electrons. The van der Waals surface area contributed by atoms with E-state index < -0.39 is 0 Å². The molecule has 10 rings (SSSR count). The van der Waals surface area contributed by atoms with E-state index in [-0.39, 0.29) is 11.6 Å². The van der Waals surface area contributed by atoms with Crippen LogP contribution in [0.1, 0.15) is 74.9 Å². The van der Waals surface area contributed by atoms with Gasteiger partial charge in [0.15, 0.2) is 11.3 Å². The third-order valence-corrected chi connectivity index (χ3v) is 13.2. The molecular formula is C54H57BrF2N10. The second-order valence-electron chi connectivity index (χ2n) is 17.2. The fourth-order valence-corrected chi connectivity index (χ4v) is 9.18. The van der Waals surface area contributed by atoms with Crippen LogP contribution in [0.5, 0.6) is 0 Å². The first-order valence-electron chi connectivity index (χ1n) is 22.9. The smallest absolute Gasteiger partial charge is 0.160 e. The van der Waals surface area contributed by atoms with Gasteiger partial charge in [0.2, 0.25) is 0 Å². The third kappa shape index (κ3) is 10.2. The maximum absolute atomic E-state index is 13.9. The van der Waals surface area contributed by atoms with Crippen LogP contribution in [0.25, 0.3) is 55.4 Å². The van der Waals surface area contributed by atoms with E-state index in [1.165, 1.54) is 57.5 Å². The number of para-hydroxylation sites is 2. The molecule has 0 fully saturated rings. The van der Waals surface area contributed by atoms with Crippen LogP contribution in [0, 0.1) is 11.6 Å². The SMILES string of the molecule is CCC(C)c1cnc2c(Br)cc(-c3cncc(F)c3)cn12.CCC(C)c1cnc2c(NCCc3cn(C)c4ccccc34)cc(-c3cncc(F)c3)cn12.Cn1cc(CCN)c2ccccc21. The number of hydrogen-bond donors (Lipinski definition) is 2. The topological polar surface area (TPSA) is 108 Å². The van der Waals surface area contributed by atoms with Gasteiger partial charge in [-0.25, -0.2) is 18.7 Å². The Morgan fingerprint density at radius 2 is 1.10 bits per heavy atom. The third-order valence-electron chi connectivity index (χ3n) is 12.6. The highest BCUT2D eigenvalue weighted by molar-refractivity contribution is 9.10. The molecule has 67 heavy (non-hydrogen) atoms. The number of nitrogens with zero attached hydrogens (tertiary/aromatic N) is 8. The summed E-state index contributed by atoms with van der Waals surface area (Å²) < 4.78 is 36.7. The highest BCUT2D eigenvalue weighted by atomic mass is 79.9. The zero-order chi connectivity index (χ0) is 47.2. The van der Waals surface area contributed by atoms with Gasteiger partial charge in [-0.05, 0) is 108 Å². The zero-order valence-electron chi connectivity index (χ0n) is 38.9. The summed E-state index contributed by atoms with van der Waals surface area (Å²) in [4.78, 5) is 17.2. The molecule has 10 aromatic rings. The van der Waals surface area contributed by atoms with E-state index in [1.54, 1.807) is 12.4 Å². The molecule has 2 unspecified atom stereocenters. The summed E-state index contributed by atoms with van der Waals surface area (Å²) in [5.41, 5.74) is 19.0. The Bertz CT molecular complexity index is 3290. The molecule has 0 spiro atoms. The van der Waals surface area contributed by atoms with Crippen molar-refractivity contribution in [1.82, 2.24) is 37.9 Å². The van der Waals surface area contributed by atoms with Gasteiger partial charge in [-0.3, -0.25) is 9.97 Å². The molecule has 0 saturated heterocycles. The standard InChI is InChI=1S/C27H28FN5.C16H15BrFN3.C11H14N2/c1-4-18(2)26-15-31-27-24(12-21(17-33(26)27)20-11-22(28)14-29-13-20)30-10-9-19-16-32(3)25-8-6-5-7-23(19)25;1-3-10(2)15-8-20-16-14(17)5-12(9-21(15)16)11-4-13(18)7-19-6-11;1-13-8-9(6-7-12)10-4-2-3-5-11(10)13/h5-8,11-18,30H,4,9-10H2,1-3H3;4-10H,3H2,1-2H3;2-5,8H,6-7,12H2,1H3. The lowest BCUT2D eigenvalue weighted by Gasteiger charge is -2.14. The summed E-state index contributed by atoms with van der Waals surface area (Å²) in [6.45, 7) is 10.2. The van der Waals surface area contributed by atoms with E-state index >= 15 is 0 Å². The Morgan fingerprint density at radius 1 is 0.612 bits per heavy atom. The lowest BCUT2D eigenvalue weighted by Crippen LogP contribution is -2.07. The number of anilines is 1. The van der Waals surface area contributed by atoms with E-state index in [0.29, 0.717) is 18.4 Å². The molecule has 13 heteroatoms. The fourth-order valence-electron chi connectivity index (χ4n) is 8.64. The second-order valence-corrected chi connectivity index (χ2v) is 18.0. The van der Waals surface area contributed by atoms with E-state index in [1.807, 2.05) is 36.9 Å². The van der Waals surface area contributed by atoms with Crippen molar-refractivity contribution >= 4 is 54.7 Å². The van der Waals surface area contributed by atoms with Gasteiger partial charge in [0, 0.05) is 126 Å². The van der Waals surface area contributed by atoms with Crippen LogP contribution in [-0.4, -0.2) is 51.0 Å². The first-order valence-corrected chi connectivity index (χ1v) is 23.7. The van der Waals surface area contributed by atoms with E-state index in [2.05, 4.69) is 157 Å². The quantitative estimate of drug-likeness (QED) is 0.126. The highest BCUT2D eigenvalue weighted by Crippen LogP contribution is 2.32. The van der Waals surface area contributed by atoms with Gasteiger partial charge in [-0.1, -0.05) is 64.1 Å². The molecule has 0 bridgehead atoms. The van der Waals surface area contributed by atoms with Crippen LogP contribution in [0.2, 0.25) is 0 Å². The highest BCUT2D eigenvalue weighted by Gasteiger charge is 2.17. The van der Waals surface area contributed by atoms with E-state index in [0.717, 1.165) is 87.3 Å². The minimum absolute atomic E-state index is 0.337. The van der Waals surface area contributed by atoms with Gasteiger partial charge in [0.05, 0.1) is 22.6 Å². The van der Waals surface area contributed by atoms with Crippen molar-refractivity contribution in [3.8, 4) is 22.3 Å². The Hall–Kier alpha value is -6.70. The Labute approximate surface area is 398 Å². The first-order chi connectivity index (χ1) is 32.5. The summed E-state index contributed by atoms with van der Waals surface area (Å²) in [5, 5.41) is 6.21. The normalized spacial score (nSPS) is 12.3. The van der Waals surface area contributed by atoms with E-state index in [4.69, 9.17) is 10.7 Å². The van der Waals surface area contributed by atoms with Crippen molar-refractivity contribution in [2.45, 2.75) is 65.2 Å². The number of pyridine rings is 4. The largest absolute Gasteiger partial charge is 0.382 e. The molecule has 0 saturated carbocycles. The summed E-state index contributed by atoms with van der Waals surface area (Å²) in [6, 6.07) is 23.9. The van der Waals surface area contributed by atoms with Crippen LogP contribution >= 0.6 is 15.9 Å². The van der Waals surface area contributed by atoms with Gasteiger partial charge < -0.3 is 29.0 Å². The molecule has 0 amide bonds. The van der Waals surface area contributed by atoms with Crippen LogP contribution < -0.4 is 11.1 Å². The molecule has 10 nitrogen and oxygen atoms in total. The predicted octanol–water partition coefficient (Wildman–Crippen LogP) is 12.7. The lowest BCUT2D eigenvalue weighted by molar-refractivity contribution is 0.621. The average Bonchev–Trinajstić information content (AvgIpc) is 4.13. The van der Waals surface area contributed by atoms with Crippen molar-refractivity contribution in [1.29, 1.82) is 0 Å². The molecule has 3 N–H and O–H groups in total. The van der Waals surface area contributed by atoms with Crippen molar-refractivity contribution < 1.29 is 8.78 Å². The lowest BCUT2D eigenvalue weighted by atomic mass is 10.1. The van der Waals surface area contributed by atoms with Gasteiger partial charge >= 0.3 is 0 Å². The van der Waals surface area contributed by atoms with Gasteiger partial charge in [0.1, 0.15) is 11.6 Å². The van der Waals surface area contributed by atoms with Crippen LogP contribution in [0.4, 0.5) is 14.5 Å². The number of aromatic nitrogens is 8. The maximum Gasteiger partial charge on any atom is 0.160 e. The number of fused-ring (bicyclic) bond motifs is 4. The van der Waals surface area contributed by atoms with Crippen LogP contribution in [0.15, 0.2) is 139 Å². The summed E-state index contributed by atoms with van der Waals surface area (Å²) in [7, 11) is 4.16. The van der Waals surface area contributed by atoms with Crippen LogP contribution in [0.3, 0.4) is 0 Å². The van der Waals surface area contributed by atoms with Crippen molar-refractivity contribution in [3.63, 3.8) is 0 Å². The minimum atomic E-state index is -0.342. The molecule has 8 aromatic heterocycles. The zero-order valence-corrected chi connectivity index (χ0v) is 40.5. The molecular weight excluding hydrogens is 907 g/mol. The van der Waals surface area contributed by atoms with Crippen molar-refractivity contribution in [2.75, 3.05) is 18.4 Å². The van der Waals surface area contributed by atoms with Gasteiger partial charge in [-0.15, -0.1) is 0 Å². The predicted molar refractivity (Wildman–Crippen MR) is 273 cm³/mol. The molecule has 0 aliphatic carbocycles. The molecule has 2 aromatic carbocycles. The summed E-state index contributed by atoms with van der Waals surface area (Å²) in [6.07, 6.45) is 22.0. The minimum Gasteiger partial charge on any atom is -0.382 e. The number of halogens is 3. The Morgan fingerprint density at radius 3 is 1.63 bits per heavy atom. The van der Waals surface area contributed by atoms with Crippen molar-refractivity contribution in [2.24, 2.45) is 19.8 Å². The molecule has 0 aliphatic heterocycles. The molecule has 0 radical (unpaired) electrons. The maximum atomic E-state index is 13.9. The summed E-state index contributed by atoms with van der Waals surface area (Å²) >= 11 is 3.55. The van der Waals surface area contributed by atoms with E-state index in [9.17, 15) is 8.78 Å². The number of aryl methyl sites for hydroxylation is 2. The fraction of sp³-hybridized carbons (Fsp3) is 0.259. The number of hydrogen-bond acceptors (Lipinski definition) is 6. The second kappa shape index (κ2) is 20.9. The molecule has 0 aliphatic rings. The molecule has 8 heterocycles. The van der Waals surface area contributed by atoms with Crippen LogP contribution in [-0.2, 0) is 26.9 Å². The molecule has 2 atom stereocenters. The number of nitrogens with two attached hydrogens (primary N) is 1. The van der Waals surface area contributed by atoms with Gasteiger partial charge in [0.25, 0.3) is 0 Å². The first kappa shape index (κ1) is 46.8. The summed E-state index contributed by atoms with van der Waals surface area (Å²) in [5.74, 6) is 0.0968. The number of benzene rings is 2. The Kier molecular flexibility index (Phi) is 14.6. The van der Waals surface area contributed by atoms with Crippen molar-refractivity contribution in [3.05, 3.63) is 173 Å². The monoisotopic (exact) mass is 962 g/mol. The Balaban J connectivity index is 0.000000152. The average molecular weight is 964 g/mol. The number of rotatable bonds is 12. The van der Waals surface area contributed by atoms with Gasteiger partial charge in [-0.2, -0.15) is 0 Å².